The molecule has 1 unspecified atom stereocenters. The SMILES string of the molecule is COC(=O)C1CCCN(C(=O)c2c(-c3ccccc3)c(-c3ccccc3)nn(C)c2=O)C1. The molecule has 7 heteroatoms. The van der Waals surface area contributed by atoms with E-state index in [1.165, 1.54) is 11.8 Å². The molecule has 1 atom stereocenters. The van der Waals surface area contributed by atoms with Crippen molar-refractivity contribution in [2.75, 3.05) is 20.2 Å². The predicted molar refractivity (Wildman–Crippen MR) is 121 cm³/mol. The van der Waals surface area contributed by atoms with E-state index in [0.717, 1.165) is 11.1 Å². The van der Waals surface area contributed by atoms with E-state index < -0.39 is 17.4 Å². The maximum absolute atomic E-state index is 13.7. The lowest BCUT2D eigenvalue weighted by Gasteiger charge is -2.32. The van der Waals surface area contributed by atoms with E-state index in [-0.39, 0.29) is 18.1 Å². The van der Waals surface area contributed by atoms with Crippen LogP contribution in [0.2, 0.25) is 0 Å². The van der Waals surface area contributed by atoms with Crippen molar-refractivity contribution in [1.29, 1.82) is 0 Å². The summed E-state index contributed by atoms with van der Waals surface area (Å²) in [6.07, 6.45) is 1.33. The molecular formula is C25H25N3O4. The second-order valence-corrected chi connectivity index (χ2v) is 7.87. The number of esters is 1. The van der Waals surface area contributed by atoms with Gasteiger partial charge >= 0.3 is 5.97 Å². The molecule has 1 aliphatic heterocycles. The van der Waals surface area contributed by atoms with E-state index in [0.29, 0.717) is 30.6 Å². The summed E-state index contributed by atoms with van der Waals surface area (Å²) < 4.78 is 6.10. The van der Waals surface area contributed by atoms with Crippen molar-refractivity contribution in [3.8, 4) is 22.4 Å². The number of piperidine rings is 1. The number of carbonyl (C=O) groups is 2. The van der Waals surface area contributed by atoms with Gasteiger partial charge in [-0.25, -0.2) is 4.68 Å². The van der Waals surface area contributed by atoms with Crippen molar-refractivity contribution < 1.29 is 14.3 Å². The number of rotatable bonds is 4. The van der Waals surface area contributed by atoms with Gasteiger partial charge in [-0.05, 0) is 18.4 Å². The Morgan fingerprint density at radius 1 is 1.00 bits per heavy atom. The van der Waals surface area contributed by atoms with Crippen LogP contribution in [0.3, 0.4) is 0 Å². The highest BCUT2D eigenvalue weighted by atomic mass is 16.5. The number of methoxy groups -OCH3 is 1. The second kappa shape index (κ2) is 9.18. The quantitative estimate of drug-likeness (QED) is 0.593. The third kappa shape index (κ3) is 4.06. The molecule has 32 heavy (non-hydrogen) atoms. The molecule has 0 saturated carbocycles. The Bertz CT molecular complexity index is 1190. The van der Waals surface area contributed by atoms with Crippen LogP contribution in [0.15, 0.2) is 65.5 Å². The number of aromatic nitrogens is 2. The third-order valence-electron chi connectivity index (χ3n) is 5.81. The van der Waals surface area contributed by atoms with E-state index in [4.69, 9.17) is 4.74 Å². The van der Waals surface area contributed by atoms with Crippen molar-refractivity contribution in [3.63, 3.8) is 0 Å². The number of hydrogen-bond acceptors (Lipinski definition) is 5. The zero-order valence-corrected chi connectivity index (χ0v) is 18.2. The number of aryl methyl sites for hydroxylation is 1. The maximum atomic E-state index is 13.7. The molecule has 0 bridgehead atoms. The van der Waals surface area contributed by atoms with Gasteiger partial charge in [-0.3, -0.25) is 14.4 Å². The Morgan fingerprint density at radius 3 is 2.25 bits per heavy atom. The Morgan fingerprint density at radius 2 is 1.62 bits per heavy atom. The fourth-order valence-electron chi connectivity index (χ4n) is 4.19. The molecule has 1 aromatic heterocycles. The number of benzene rings is 2. The summed E-state index contributed by atoms with van der Waals surface area (Å²) in [6, 6.07) is 18.8. The van der Waals surface area contributed by atoms with Crippen LogP contribution in [-0.2, 0) is 16.6 Å². The summed E-state index contributed by atoms with van der Waals surface area (Å²) >= 11 is 0. The molecule has 7 nitrogen and oxygen atoms in total. The summed E-state index contributed by atoms with van der Waals surface area (Å²) in [5.41, 5.74) is 2.21. The van der Waals surface area contributed by atoms with Crippen LogP contribution in [0.25, 0.3) is 22.4 Å². The summed E-state index contributed by atoms with van der Waals surface area (Å²) in [6.45, 7) is 0.707. The maximum Gasteiger partial charge on any atom is 0.310 e. The molecule has 1 aliphatic rings. The first kappa shape index (κ1) is 21.5. The molecule has 4 rings (SSSR count). The van der Waals surface area contributed by atoms with Crippen molar-refractivity contribution >= 4 is 11.9 Å². The number of hydrogen-bond donors (Lipinski definition) is 0. The topological polar surface area (TPSA) is 81.5 Å². The summed E-state index contributed by atoms with van der Waals surface area (Å²) in [7, 11) is 2.90. The van der Waals surface area contributed by atoms with Gasteiger partial charge in [0.25, 0.3) is 11.5 Å². The first-order chi connectivity index (χ1) is 15.5. The first-order valence-electron chi connectivity index (χ1n) is 10.6. The number of nitrogens with zero attached hydrogens (tertiary/aromatic N) is 3. The molecular weight excluding hydrogens is 406 g/mol. The van der Waals surface area contributed by atoms with Gasteiger partial charge < -0.3 is 9.64 Å². The largest absolute Gasteiger partial charge is 0.469 e. The number of amides is 1. The molecule has 1 amide bonds. The van der Waals surface area contributed by atoms with Crippen LogP contribution in [0, 0.1) is 5.92 Å². The standard InChI is InChI=1S/C25H25N3O4/c1-27-23(29)21(24(30)28-15-9-14-19(16-28)25(31)32-2)20(17-10-5-3-6-11-17)22(26-27)18-12-7-4-8-13-18/h3-8,10-13,19H,9,14-16H2,1-2H3. The van der Waals surface area contributed by atoms with Crippen LogP contribution in [0.4, 0.5) is 0 Å². The molecule has 3 aromatic rings. The van der Waals surface area contributed by atoms with E-state index in [1.54, 1.807) is 11.9 Å². The fraction of sp³-hybridized carbons (Fsp3) is 0.280. The summed E-state index contributed by atoms with van der Waals surface area (Å²) in [4.78, 5) is 40.7. The number of ether oxygens (including phenoxy) is 1. The molecule has 0 spiro atoms. The first-order valence-corrected chi connectivity index (χ1v) is 10.6. The molecule has 1 fully saturated rings. The lowest BCUT2D eigenvalue weighted by atomic mass is 9.93. The highest BCUT2D eigenvalue weighted by Gasteiger charge is 2.33. The normalized spacial score (nSPS) is 15.9. The predicted octanol–water partition coefficient (Wildman–Crippen LogP) is 3.14. The van der Waals surface area contributed by atoms with Crippen molar-refractivity contribution in [1.82, 2.24) is 14.7 Å². The van der Waals surface area contributed by atoms with E-state index in [9.17, 15) is 14.4 Å². The van der Waals surface area contributed by atoms with Crippen LogP contribution in [-0.4, -0.2) is 46.8 Å². The molecule has 0 radical (unpaired) electrons. The van der Waals surface area contributed by atoms with Gasteiger partial charge in [0.2, 0.25) is 0 Å². The average molecular weight is 431 g/mol. The van der Waals surface area contributed by atoms with Gasteiger partial charge in [-0.15, -0.1) is 0 Å². The van der Waals surface area contributed by atoms with Gasteiger partial charge in [0.15, 0.2) is 0 Å². The van der Waals surface area contributed by atoms with Crippen LogP contribution >= 0.6 is 0 Å². The van der Waals surface area contributed by atoms with Gasteiger partial charge in [0.1, 0.15) is 5.56 Å². The van der Waals surface area contributed by atoms with Crippen molar-refractivity contribution in [2.24, 2.45) is 13.0 Å². The van der Waals surface area contributed by atoms with Crippen LogP contribution in [0.1, 0.15) is 23.2 Å². The Labute approximate surface area is 186 Å². The van der Waals surface area contributed by atoms with Gasteiger partial charge in [-0.1, -0.05) is 60.7 Å². The Balaban J connectivity index is 1.90. The van der Waals surface area contributed by atoms with E-state index in [2.05, 4.69) is 5.10 Å². The highest BCUT2D eigenvalue weighted by Crippen LogP contribution is 2.33. The number of likely N-dealkylation sites (tertiary alicyclic amines) is 1. The minimum absolute atomic E-state index is 0.0677. The third-order valence-corrected chi connectivity index (χ3v) is 5.81. The summed E-state index contributed by atoms with van der Waals surface area (Å²) in [5, 5.41) is 4.52. The number of carbonyl (C=O) groups excluding carboxylic acids is 2. The molecule has 0 aliphatic carbocycles. The van der Waals surface area contributed by atoms with Crippen LogP contribution < -0.4 is 5.56 Å². The van der Waals surface area contributed by atoms with Crippen molar-refractivity contribution in [3.05, 3.63) is 76.6 Å². The van der Waals surface area contributed by atoms with Gasteiger partial charge in [0, 0.05) is 31.3 Å². The second-order valence-electron chi connectivity index (χ2n) is 7.87. The zero-order chi connectivity index (χ0) is 22.7. The highest BCUT2D eigenvalue weighted by molar-refractivity contribution is 6.03. The molecule has 2 heterocycles. The minimum Gasteiger partial charge on any atom is -0.469 e. The Kier molecular flexibility index (Phi) is 6.16. The van der Waals surface area contributed by atoms with Gasteiger partial charge in [0.05, 0.1) is 18.7 Å². The molecule has 164 valence electrons. The minimum atomic E-state index is -0.464. The lowest BCUT2D eigenvalue weighted by molar-refractivity contribution is -0.146. The Hall–Kier alpha value is -3.74. The van der Waals surface area contributed by atoms with E-state index in [1.807, 2.05) is 60.7 Å². The van der Waals surface area contributed by atoms with Crippen LogP contribution in [0.5, 0.6) is 0 Å². The summed E-state index contributed by atoms with van der Waals surface area (Å²) in [5.74, 6) is -1.12. The molecule has 1 saturated heterocycles. The molecule has 2 aromatic carbocycles. The van der Waals surface area contributed by atoms with Gasteiger partial charge in [-0.2, -0.15) is 5.10 Å². The smallest absolute Gasteiger partial charge is 0.310 e. The average Bonchev–Trinajstić information content (AvgIpc) is 2.85. The fourth-order valence-corrected chi connectivity index (χ4v) is 4.19. The zero-order valence-electron chi connectivity index (χ0n) is 18.2. The van der Waals surface area contributed by atoms with Crippen molar-refractivity contribution in [2.45, 2.75) is 12.8 Å². The monoisotopic (exact) mass is 431 g/mol. The lowest BCUT2D eigenvalue weighted by Crippen LogP contribution is -2.45. The molecule has 0 N–H and O–H groups in total. The van der Waals surface area contributed by atoms with E-state index >= 15 is 0 Å².